The number of likely N-dealkylation sites (tertiary alicyclic amines) is 1. The van der Waals surface area contributed by atoms with E-state index >= 15 is 0 Å². The van der Waals surface area contributed by atoms with E-state index in [2.05, 4.69) is 5.32 Å². The van der Waals surface area contributed by atoms with Gasteiger partial charge in [0.05, 0.1) is 24.0 Å². The SMILES string of the molecule is CCOC(=O)c1ccc(NC(=O)[C@@H](C)N2C(=O)[C@@H]3[C@@H](C2=O)[C@H]2C=C[C@H]3C2)cc1. The first kappa shape index (κ1) is 18.4. The molecule has 1 saturated heterocycles. The Balaban J connectivity index is 1.43. The lowest BCUT2D eigenvalue weighted by molar-refractivity contribution is -0.146. The maximum absolute atomic E-state index is 12.8. The number of ether oxygens (including phenoxy) is 1. The topological polar surface area (TPSA) is 92.8 Å². The van der Waals surface area contributed by atoms with Gasteiger partial charge in [-0.1, -0.05) is 12.2 Å². The lowest BCUT2D eigenvalue weighted by atomic mass is 9.85. The van der Waals surface area contributed by atoms with Crippen molar-refractivity contribution in [3.05, 3.63) is 42.0 Å². The van der Waals surface area contributed by atoms with Crippen LogP contribution in [0, 0.1) is 23.7 Å². The number of allylic oxidation sites excluding steroid dienone is 2. The van der Waals surface area contributed by atoms with E-state index in [9.17, 15) is 19.2 Å². The van der Waals surface area contributed by atoms with Crippen LogP contribution in [0.3, 0.4) is 0 Å². The second-order valence-electron chi connectivity index (χ2n) is 7.51. The van der Waals surface area contributed by atoms with Crippen molar-refractivity contribution in [3.63, 3.8) is 0 Å². The highest BCUT2D eigenvalue weighted by atomic mass is 16.5. The largest absolute Gasteiger partial charge is 0.462 e. The highest BCUT2D eigenvalue weighted by molar-refractivity contribution is 6.10. The predicted octanol–water partition coefficient (Wildman–Crippen LogP) is 2.00. The smallest absolute Gasteiger partial charge is 0.338 e. The van der Waals surface area contributed by atoms with Crippen LogP contribution in [0.25, 0.3) is 0 Å². The molecular weight excluding hydrogens is 360 g/mol. The summed E-state index contributed by atoms with van der Waals surface area (Å²) in [5.41, 5.74) is 0.861. The van der Waals surface area contributed by atoms with Crippen molar-refractivity contribution in [1.29, 1.82) is 0 Å². The summed E-state index contributed by atoms with van der Waals surface area (Å²) in [5.74, 6) is -1.77. The molecule has 2 aliphatic carbocycles. The van der Waals surface area contributed by atoms with Gasteiger partial charge >= 0.3 is 5.97 Å². The Morgan fingerprint density at radius 2 is 1.68 bits per heavy atom. The van der Waals surface area contributed by atoms with Crippen molar-refractivity contribution in [2.75, 3.05) is 11.9 Å². The van der Waals surface area contributed by atoms with Gasteiger partial charge in [-0.3, -0.25) is 19.3 Å². The number of fused-ring (bicyclic) bond motifs is 5. The van der Waals surface area contributed by atoms with Crippen LogP contribution < -0.4 is 5.32 Å². The van der Waals surface area contributed by atoms with E-state index in [0.29, 0.717) is 11.3 Å². The van der Waals surface area contributed by atoms with E-state index < -0.39 is 17.9 Å². The molecule has 1 aromatic carbocycles. The second-order valence-corrected chi connectivity index (χ2v) is 7.51. The molecule has 1 aliphatic heterocycles. The summed E-state index contributed by atoms with van der Waals surface area (Å²) in [4.78, 5) is 51.1. The average Bonchev–Trinajstić information content (AvgIpc) is 3.36. The predicted molar refractivity (Wildman–Crippen MR) is 100 cm³/mol. The third-order valence-electron chi connectivity index (χ3n) is 5.93. The van der Waals surface area contributed by atoms with E-state index in [-0.39, 0.29) is 42.1 Å². The maximum atomic E-state index is 12.8. The van der Waals surface area contributed by atoms with Gasteiger partial charge in [0.2, 0.25) is 17.7 Å². The second kappa shape index (κ2) is 6.89. The van der Waals surface area contributed by atoms with E-state index in [0.717, 1.165) is 11.3 Å². The molecule has 0 spiro atoms. The summed E-state index contributed by atoms with van der Waals surface area (Å²) in [5, 5.41) is 2.71. The fraction of sp³-hybridized carbons (Fsp3) is 0.429. The molecule has 2 bridgehead atoms. The Morgan fingerprint density at radius 3 is 2.21 bits per heavy atom. The Morgan fingerprint density at radius 1 is 1.11 bits per heavy atom. The average molecular weight is 382 g/mol. The first-order chi connectivity index (χ1) is 13.4. The lowest BCUT2D eigenvalue weighted by Crippen LogP contribution is -2.46. The van der Waals surface area contributed by atoms with Crippen molar-refractivity contribution < 1.29 is 23.9 Å². The number of rotatable bonds is 5. The van der Waals surface area contributed by atoms with E-state index in [1.165, 1.54) is 0 Å². The van der Waals surface area contributed by atoms with Gasteiger partial charge in [0.25, 0.3) is 0 Å². The number of amides is 3. The van der Waals surface area contributed by atoms with Gasteiger partial charge in [-0.05, 0) is 56.4 Å². The highest BCUT2D eigenvalue weighted by Crippen LogP contribution is 2.52. The number of hydrogen-bond donors (Lipinski definition) is 1. The number of esters is 1. The molecule has 3 aliphatic rings. The molecule has 28 heavy (non-hydrogen) atoms. The molecule has 4 rings (SSSR count). The molecule has 2 fully saturated rings. The number of benzene rings is 1. The van der Waals surface area contributed by atoms with Gasteiger partial charge in [0.1, 0.15) is 6.04 Å². The minimum Gasteiger partial charge on any atom is -0.462 e. The van der Waals surface area contributed by atoms with Gasteiger partial charge in [0, 0.05) is 5.69 Å². The number of imide groups is 1. The van der Waals surface area contributed by atoms with Crippen LogP contribution in [-0.2, 0) is 19.1 Å². The van der Waals surface area contributed by atoms with Crippen molar-refractivity contribution in [3.8, 4) is 0 Å². The zero-order chi connectivity index (χ0) is 20.0. The van der Waals surface area contributed by atoms with Gasteiger partial charge in [-0.2, -0.15) is 0 Å². The number of carbonyl (C=O) groups is 4. The molecule has 1 heterocycles. The third kappa shape index (κ3) is 2.82. The standard InChI is InChI=1S/C21H22N2O5/c1-3-28-21(27)12-6-8-15(9-7-12)22-18(24)11(2)23-19(25)16-13-4-5-14(10-13)17(16)20(23)26/h4-9,11,13-14,16-17H,3,10H2,1-2H3,(H,22,24)/t11-,13+,14+,16+,17+/m1/s1. The Kier molecular flexibility index (Phi) is 4.53. The minimum atomic E-state index is -0.894. The summed E-state index contributed by atoms with van der Waals surface area (Å²) in [7, 11) is 0. The minimum absolute atomic E-state index is 0.113. The van der Waals surface area contributed by atoms with Crippen LogP contribution in [-0.4, -0.2) is 41.2 Å². The van der Waals surface area contributed by atoms with Crippen LogP contribution >= 0.6 is 0 Å². The van der Waals surface area contributed by atoms with Gasteiger partial charge < -0.3 is 10.1 Å². The van der Waals surface area contributed by atoms with Crippen molar-refractivity contribution in [2.24, 2.45) is 23.7 Å². The third-order valence-corrected chi connectivity index (χ3v) is 5.93. The van der Waals surface area contributed by atoms with Crippen molar-refractivity contribution in [2.45, 2.75) is 26.3 Å². The van der Waals surface area contributed by atoms with E-state index in [4.69, 9.17) is 4.74 Å². The molecular formula is C21H22N2O5. The summed E-state index contributed by atoms with van der Waals surface area (Å²) >= 11 is 0. The van der Waals surface area contributed by atoms with Gasteiger partial charge in [-0.15, -0.1) is 0 Å². The Hall–Kier alpha value is -2.96. The molecule has 5 atom stereocenters. The quantitative estimate of drug-likeness (QED) is 0.478. The highest BCUT2D eigenvalue weighted by Gasteiger charge is 2.60. The maximum Gasteiger partial charge on any atom is 0.338 e. The number of hydrogen-bond acceptors (Lipinski definition) is 5. The Bertz CT molecular complexity index is 845. The number of nitrogens with one attached hydrogen (secondary N) is 1. The molecule has 0 radical (unpaired) electrons. The summed E-state index contributed by atoms with van der Waals surface area (Å²) < 4.78 is 4.92. The molecule has 3 amide bonds. The lowest BCUT2D eigenvalue weighted by Gasteiger charge is -2.23. The van der Waals surface area contributed by atoms with Crippen LogP contribution in [0.1, 0.15) is 30.6 Å². The first-order valence-corrected chi connectivity index (χ1v) is 9.55. The number of nitrogens with zero attached hydrogens (tertiary/aromatic N) is 1. The monoisotopic (exact) mass is 382 g/mol. The number of carbonyl (C=O) groups excluding carboxylic acids is 4. The molecule has 146 valence electrons. The zero-order valence-electron chi connectivity index (χ0n) is 15.8. The van der Waals surface area contributed by atoms with Crippen LogP contribution in [0.15, 0.2) is 36.4 Å². The number of anilines is 1. The fourth-order valence-corrected chi connectivity index (χ4v) is 4.58. The van der Waals surface area contributed by atoms with Gasteiger partial charge in [-0.25, -0.2) is 4.79 Å². The molecule has 7 nitrogen and oxygen atoms in total. The van der Waals surface area contributed by atoms with Crippen LogP contribution in [0.5, 0.6) is 0 Å². The van der Waals surface area contributed by atoms with E-state index in [1.54, 1.807) is 38.1 Å². The molecule has 0 unspecified atom stereocenters. The molecule has 1 aromatic rings. The summed E-state index contributed by atoms with van der Waals surface area (Å²) in [6.45, 7) is 3.57. The first-order valence-electron chi connectivity index (χ1n) is 9.55. The van der Waals surface area contributed by atoms with Gasteiger partial charge in [0.15, 0.2) is 0 Å². The summed E-state index contributed by atoms with van der Waals surface area (Å²) in [6, 6.07) is 5.39. The Labute approximate surface area is 162 Å². The van der Waals surface area contributed by atoms with Crippen molar-refractivity contribution >= 4 is 29.4 Å². The molecule has 0 aromatic heterocycles. The van der Waals surface area contributed by atoms with E-state index in [1.807, 2.05) is 12.2 Å². The zero-order valence-corrected chi connectivity index (χ0v) is 15.8. The summed E-state index contributed by atoms with van der Waals surface area (Å²) in [6.07, 6.45) is 4.90. The molecule has 1 saturated carbocycles. The van der Waals surface area contributed by atoms with Crippen LogP contribution in [0.2, 0.25) is 0 Å². The fourth-order valence-electron chi connectivity index (χ4n) is 4.58. The van der Waals surface area contributed by atoms with Crippen LogP contribution in [0.4, 0.5) is 5.69 Å². The molecule has 7 heteroatoms. The normalized spacial score (nSPS) is 28.4. The van der Waals surface area contributed by atoms with Crippen molar-refractivity contribution in [1.82, 2.24) is 4.90 Å². The molecule has 1 N–H and O–H groups in total.